The standard InChI is InChI=1S/C35H45IN4O3/c1-5-27(28-9-7-6-8-10-28)23-39-17-15-32(38-33(35(39)43)16-18-40(24(2)3)25(4)41)22-37-34(42)31-14-13-29-19-26(21-36)11-12-30(29)20-31/h6-14,19-20,24,27,32-33,38H,5,15-18,21-23H2,1-4H3,(H,37,42)/t27-,32+,33+/m1/s1. The minimum Gasteiger partial charge on any atom is -0.350 e. The van der Waals surface area contributed by atoms with E-state index in [4.69, 9.17) is 0 Å². The maximum Gasteiger partial charge on any atom is 0.251 e. The number of hydrogen-bond acceptors (Lipinski definition) is 4. The van der Waals surface area contributed by atoms with Crippen LogP contribution < -0.4 is 10.6 Å². The van der Waals surface area contributed by atoms with Gasteiger partial charge < -0.3 is 20.4 Å². The maximum absolute atomic E-state index is 13.9. The molecule has 3 amide bonds. The zero-order valence-electron chi connectivity index (χ0n) is 25.8. The summed E-state index contributed by atoms with van der Waals surface area (Å²) in [5, 5.41) is 8.85. The monoisotopic (exact) mass is 696 g/mol. The lowest BCUT2D eigenvalue weighted by atomic mass is 9.95. The fourth-order valence-electron chi connectivity index (χ4n) is 5.98. The van der Waals surface area contributed by atoms with Gasteiger partial charge in [-0.25, -0.2) is 0 Å². The van der Waals surface area contributed by atoms with Crippen LogP contribution in [0.25, 0.3) is 10.8 Å². The molecule has 0 aromatic heterocycles. The zero-order valence-corrected chi connectivity index (χ0v) is 28.0. The van der Waals surface area contributed by atoms with Crippen LogP contribution in [-0.4, -0.2) is 71.8 Å². The Morgan fingerprint density at radius 1 is 1.07 bits per heavy atom. The molecule has 1 aliphatic heterocycles. The summed E-state index contributed by atoms with van der Waals surface area (Å²) in [6.07, 6.45) is 2.18. The summed E-state index contributed by atoms with van der Waals surface area (Å²) in [6.45, 7) is 9.90. The fourth-order valence-corrected chi connectivity index (χ4v) is 6.45. The smallest absolute Gasteiger partial charge is 0.251 e. The summed E-state index contributed by atoms with van der Waals surface area (Å²) >= 11 is 2.35. The molecule has 8 heteroatoms. The molecule has 3 atom stereocenters. The Morgan fingerprint density at radius 2 is 1.79 bits per heavy atom. The van der Waals surface area contributed by atoms with Crippen molar-refractivity contribution in [3.05, 3.63) is 83.4 Å². The average Bonchev–Trinajstić information content (AvgIpc) is 3.16. The third-order valence-corrected chi connectivity index (χ3v) is 9.40. The summed E-state index contributed by atoms with van der Waals surface area (Å²) in [5.74, 6) is 0.194. The molecule has 0 radical (unpaired) electrons. The van der Waals surface area contributed by atoms with Crippen LogP contribution >= 0.6 is 22.6 Å². The molecule has 3 aromatic rings. The van der Waals surface area contributed by atoms with Crippen LogP contribution in [0, 0.1) is 0 Å². The van der Waals surface area contributed by atoms with Crippen LogP contribution in [0.3, 0.4) is 0 Å². The van der Waals surface area contributed by atoms with Gasteiger partial charge in [-0.1, -0.05) is 84.1 Å². The molecule has 0 bridgehead atoms. The summed E-state index contributed by atoms with van der Waals surface area (Å²) < 4.78 is 0.945. The van der Waals surface area contributed by atoms with Gasteiger partial charge in [0, 0.05) is 61.1 Å². The molecule has 3 aromatic carbocycles. The van der Waals surface area contributed by atoms with Crippen LogP contribution in [0.4, 0.5) is 0 Å². The summed E-state index contributed by atoms with van der Waals surface area (Å²) in [5.41, 5.74) is 3.12. The second-order valence-electron chi connectivity index (χ2n) is 11.8. The molecular formula is C35H45IN4O3. The molecule has 7 nitrogen and oxygen atoms in total. The third-order valence-electron chi connectivity index (χ3n) is 8.52. The van der Waals surface area contributed by atoms with Crippen LogP contribution in [0.15, 0.2) is 66.7 Å². The molecule has 1 fully saturated rings. The Kier molecular flexibility index (Phi) is 12.0. The van der Waals surface area contributed by atoms with Gasteiger partial charge in [-0.2, -0.15) is 0 Å². The van der Waals surface area contributed by atoms with Crippen molar-refractivity contribution in [3.8, 4) is 0 Å². The van der Waals surface area contributed by atoms with Gasteiger partial charge in [-0.05, 0) is 67.1 Å². The van der Waals surface area contributed by atoms with Crippen LogP contribution in [0.1, 0.15) is 74.4 Å². The summed E-state index contributed by atoms with van der Waals surface area (Å²) in [6, 6.07) is 22.1. The molecule has 43 heavy (non-hydrogen) atoms. The predicted octanol–water partition coefficient (Wildman–Crippen LogP) is 5.90. The second-order valence-corrected chi connectivity index (χ2v) is 12.6. The molecule has 1 aliphatic rings. The van der Waals surface area contributed by atoms with Gasteiger partial charge in [0.05, 0.1) is 6.04 Å². The minimum absolute atomic E-state index is 0.00719. The molecule has 0 unspecified atom stereocenters. The number of nitrogens with one attached hydrogen (secondary N) is 2. The molecule has 230 valence electrons. The largest absolute Gasteiger partial charge is 0.350 e. The average molecular weight is 697 g/mol. The van der Waals surface area contributed by atoms with Crippen molar-refractivity contribution in [3.63, 3.8) is 0 Å². The molecule has 1 saturated heterocycles. The first-order valence-corrected chi connectivity index (χ1v) is 17.0. The maximum atomic E-state index is 13.9. The molecule has 0 spiro atoms. The first kappa shape index (κ1) is 32.9. The molecule has 2 N–H and O–H groups in total. The number of halogens is 1. The second kappa shape index (κ2) is 15.7. The number of amides is 3. The van der Waals surface area contributed by atoms with Crippen molar-refractivity contribution in [2.75, 3.05) is 26.2 Å². The van der Waals surface area contributed by atoms with Crippen molar-refractivity contribution >= 4 is 51.1 Å². The van der Waals surface area contributed by atoms with E-state index in [0.29, 0.717) is 38.2 Å². The first-order valence-electron chi connectivity index (χ1n) is 15.4. The lowest BCUT2D eigenvalue weighted by Crippen LogP contribution is -2.51. The Balaban J connectivity index is 1.47. The molecule has 1 heterocycles. The topological polar surface area (TPSA) is 81.8 Å². The highest BCUT2D eigenvalue weighted by atomic mass is 127. The number of rotatable bonds is 12. The van der Waals surface area contributed by atoms with Crippen molar-refractivity contribution in [2.24, 2.45) is 0 Å². The summed E-state index contributed by atoms with van der Waals surface area (Å²) in [4.78, 5) is 43.2. The van der Waals surface area contributed by atoms with Gasteiger partial charge in [-0.15, -0.1) is 0 Å². The molecule has 0 saturated carbocycles. The van der Waals surface area contributed by atoms with Gasteiger partial charge in [0.2, 0.25) is 11.8 Å². The Labute approximate surface area is 269 Å². The quantitative estimate of drug-likeness (QED) is 0.183. The van der Waals surface area contributed by atoms with Gasteiger partial charge in [0.15, 0.2) is 0 Å². The van der Waals surface area contributed by atoms with E-state index in [9.17, 15) is 14.4 Å². The van der Waals surface area contributed by atoms with E-state index in [1.165, 1.54) is 11.1 Å². The first-order chi connectivity index (χ1) is 20.7. The van der Waals surface area contributed by atoms with E-state index in [2.05, 4.69) is 70.5 Å². The van der Waals surface area contributed by atoms with Gasteiger partial charge in [0.1, 0.15) is 0 Å². The number of hydrogen-bond donors (Lipinski definition) is 2. The number of alkyl halides is 1. The Hall–Kier alpha value is -2.98. The number of benzene rings is 3. The highest BCUT2D eigenvalue weighted by Crippen LogP contribution is 2.23. The Morgan fingerprint density at radius 3 is 2.47 bits per heavy atom. The van der Waals surface area contributed by atoms with E-state index in [1.807, 2.05) is 60.0 Å². The van der Waals surface area contributed by atoms with Gasteiger partial charge in [0.25, 0.3) is 5.91 Å². The van der Waals surface area contributed by atoms with Crippen molar-refractivity contribution in [1.29, 1.82) is 0 Å². The van der Waals surface area contributed by atoms with Gasteiger partial charge in [-0.3, -0.25) is 14.4 Å². The number of carbonyl (C=O) groups excluding carboxylic acids is 3. The van der Waals surface area contributed by atoms with Crippen LogP contribution in [0.5, 0.6) is 0 Å². The van der Waals surface area contributed by atoms with Crippen molar-refractivity contribution in [1.82, 2.24) is 20.4 Å². The zero-order chi connectivity index (χ0) is 30.9. The van der Waals surface area contributed by atoms with Crippen molar-refractivity contribution in [2.45, 2.75) is 75.4 Å². The van der Waals surface area contributed by atoms with Gasteiger partial charge >= 0.3 is 0 Å². The van der Waals surface area contributed by atoms with E-state index in [1.54, 1.807) is 6.92 Å². The lowest BCUT2D eigenvalue weighted by Gasteiger charge is -2.31. The number of nitrogens with zero attached hydrogens (tertiary/aromatic N) is 2. The lowest BCUT2D eigenvalue weighted by molar-refractivity contribution is -0.135. The molecule has 4 rings (SSSR count). The van der Waals surface area contributed by atoms with E-state index in [0.717, 1.165) is 28.0 Å². The minimum atomic E-state index is -0.439. The molecule has 0 aliphatic carbocycles. The van der Waals surface area contributed by atoms with Crippen molar-refractivity contribution < 1.29 is 14.4 Å². The van der Waals surface area contributed by atoms with E-state index in [-0.39, 0.29) is 35.7 Å². The van der Waals surface area contributed by atoms with E-state index >= 15 is 0 Å². The highest BCUT2D eigenvalue weighted by molar-refractivity contribution is 14.1. The highest BCUT2D eigenvalue weighted by Gasteiger charge is 2.33. The number of carbonyl (C=O) groups is 3. The summed E-state index contributed by atoms with van der Waals surface area (Å²) in [7, 11) is 0. The van der Waals surface area contributed by atoms with Crippen LogP contribution in [0.2, 0.25) is 0 Å². The number of fused-ring (bicyclic) bond motifs is 1. The fraction of sp³-hybridized carbons (Fsp3) is 0.457. The predicted molar refractivity (Wildman–Crippen MR) is 183 cm³/mol. The molecular weight excluding hydrogens is 651 g/mol. The normalized spacial score (nSPS) is 18.0. The van der Waals surface area contributed by atoms with E-state index < -0.39 is 6.04 Å². The third kappa shape index (κ3) is 8.79. The van der Waals surface area contributed by atoms with Crippen LogP contribution in [-0.2, 0) is 14.0 Å². The Bertz CT molecular complexity index is 1400. The SMILES string of the molecule is CC[C@H](CN1CC[C@@H](CNC(=O)c2ccc3cc(CI)ccc3c2)N[C@@H](CCN(C(C)=O)C(C)C)C1=O)c1ccccc1.